The van der Waals surface area contributed by atoms with Crippen molar-refractivity contribution in [3.05, 3.63) is 33.1 Å². The van der Waals surface area contributed by atoms with Crippen LogP contribution in [-0.2, 0) is 0 Å². The van der Waals surface area contributed by atoms with Crippen molar-refractivity contribution in [2.24, 2.45) is 0 Å². The number of carbonyl (C=O) groups excluding carboxylic acids is 1. The highest BCUT2D eigenvalue weighted by Gasteiger charge is 2.17. The number of rotatable bonds is 2. The molecule has 1 nitrogen and oxygen atoms in total. The fourth-order valence-corrected chi connectivity index (χ4v) is 1.39. The Bertz CT molecular complexity index is 336. The molecule has 0 aliphatic rings. The molecule has 0 aliphatic carbocycles. The number of hydrogen-bond acceptors (Lipinski definition) is 1. The standard InChI is InChI=1S/C9H7F2IO/c1-5(10)9(13)7-4-6(12)2-3-8(7)11/h2-5H,1H3. The van der Waals surface area contributed by atoms with Crippen LogP contribution in [0.5, 0.6) is 0 Å². The van der Waals surface area contributed by atoms with Crippen molar-refractivity contribution in [2.45, 2.75) is 13.1 Å². The number of Topliss-reactive ketones (excluding diaryl/α,β-unsaturated/α-hetero) is 1. The largest absolute Gasteiger partial charge is 0.291 e. The zero-order valence-electron chi connectivity index (χ0n) is 6.85. The first-order chi connectivity index (χ1) is 6.02. The van der Waals surface area contributed by atoms with Gasteiger partial charge in [-0.1, -0.05) is 0 Å². The average molecular weight is 296 g/mol. The Morgan fingerprint density at radius 2 is 2.15 bits per heavy atom. The molecular weight excluding hydrogens is 289 g/mol. The highest BCUT2D eigenvalue weighted by molar-refractivity contribution is 14.1. The van der Waals surface area contributed by atoms with Gasteiger partial charge in [0.25, 0.3) is 0 Å². The highest BCUT2D eigenvalue weighted by Crippen LogP contribution is 2.15. The molecule has 70 valence electrons. The van der Waals surface area contributed by atoms with E-state index in [1.54, 1.807) is 0 Å². The second-order valence-electron chi connectivity index (χ2n) is 2.60. The van der Waals surface area contributed by atoms with E-state index in [1.807, 2.05) is 22.6 Å². The van der Waals surface area contributed by atoms with Crippen LogP contribution in [0, 0.1) is 9.39 Å². The zero-order chi connectivity index (χ0) is 10.0. The molecule has 0 spiro atoms. The second-order valence-corrected chi connectivity index (χ2v) is 3.85. The first-order valence-corrected chi connectivity index (χ1v) is 4.73. The summed E-state index contributed by atoms with van der Waals surface area (Å²) in [7, 11) is 0. The molecule has 4 heteroatoms. The van der Waals surface area contributed by atoms with E-state index < -0.39 is 17.8 Å². The number of hydrogen-bond donors (Lipinski definition) is 0. The molecule has 13 heavy (non-hydrogen) atoms. The van der Waals surface area contributed by atoms with E-state index >= 15 is 0 Å². The number of ketones is 1. The molecule has 0 heterocycles. The van der Waals surface area contributed by atoms with Gasteiger partial charge in [-0.25, -0.2) is 8.78 Å². The van der Waals surface area contributed by atoms with Crippen molar-refractivity contribution >= 4 is 28.4 Å². The van der Waals surface area contributed by atoms with Crippen molar-refractivity contribution in [1.82, 2.24) is 0 Å². The molecule has 0 saturated heterocycles. The van der Waals surface area contributed by atoms with Gasteiger partial charge in [0.05, 0.1) is 5.56 Å². The van der Waals surface area contributed by atoms with Gasteiger partial charge in [-0.2, -0.15) is 0 Å². The molecule has 1 aromatic carbocycles. The molecule has 0 aromatic heterocycles. The van der Waals surface area contributed by atoms with Crippen molar-refractivity contribution in [3.8, 4) is 0 Å². The van der Waals surface area contributed by atoms with Crippen molar-refractivity contribution in [2.75, 3.05) is 0 Å². The first kappa shape index (κ1) is 10.6. The lowest BCUT2D eigenvalue weighted by atomic mass is 10.1. The molecule has 0 fully saturated rings. The monoisotopic (exact) mass is 296 g/mol. The van der Waals surface area contributed by atoms with E-state index in [-0.39, 0.29) is 5.56 Å². The summed E-state index contributed by atoms with van der Waals surface area (Å²) >= 11 is 1.94. The van der Waals surface area contributed by atoms with Gasteiger partial charge < -0.3 is 0 Å². The fourth-order valence-electron chi connectivity index (χ4n) is 0.901. The van der Waals surface area contributed by atoms with Gasteiger partial charge in [0.2, 0.25) is 0 Å². The molecule has 0 amide bonds. The topological polar surface area (TPSA) is 17.1 Å². The Kier molecular flexibility index (Phi) is 3.35. The van der Waals surface area contributed by atoms with Crippen LogP contribution in [0.25, 0.3) is 0 Å². The maximum atomic E-state index is 13.0. The zero-order valence-corrected chi connectivity index (χ0v) is 9.01. The third-order valence-electron chi connectivity index (χ3n) is 1.56. The highest BCUT2D eigenvalue weighted by atomic mass is 127. The van der Waals surface area contributed by atoms with Crippen LogP contribution in [0.3, 0.4) is 0 Å². The minimum Gasteiger partial charge on any atom is -0.291 e. The van der Waals surface area contributed by atoms with Gasteiger partial charge in [-0.05, 0) is 47.7 Å². The van der Waals surface area contributed by atoms with Crippen LogP contribution in [0.4, 0.5) is 8.78 Å². The second kappa shape index (κ2) is 4.13. The fraction of sp³-hybridized carbons (Fsp3) is 0.222. The first-order valence-electron chi connectivity index (χ1n) is 3.65. The Morgan fingerprint density at radius 1 is 1.54 bits per heavy atom. The average Bonchev–Trinajstić information content (AvgIpc) is 2.08. The normalized spacial score (nSPS) is 12.6. The third kappa shape index (κ3) is 2.46. The summed E-state index contributed by atoms with van der Waals surface area (Å²) in [5.74, 6) is -1.48. The van der Waals surface area contributed by atoms with Gasteiger partial charge in [0, 0.05) is 3.57 Å². The summed E-state index contributed by atoms with van der Waals surface area (Å²) in [6, 6.07) is 4.03. The van der Waals surface area contributed by atoms with Gasteiger partial charge in [0.1, 0.15) is 5.82 Å². The lowest BCUT2D eigenvalue weighted by Gasteiger charge is -2.03. The minimum absolute atomic E-state index is 0.179. The van der Waals surface area contributed by atoms with E-state index in [9.17, 15) is 13.6 Å². The number of halogens is 3. The number of carbonyl (C=O) groups is 1. The van der Waals surface area contributed by atoms with Crippen molar-refractivity contribution in [1.29, 1.82) is 0 Å². The van der Waals surface area contributed by atoms with Crippen LogP contribution in [0.1, 0.15) is 17.3 Å². The van der Waals surface area contributed by atoms with Crippen LogP contribution in [-0.4, -0.2) is 12.0 Å². The van der Waals surface area contributed by atoms with Gasteiger partial charge in [-0.15, -0.1) is 0 Å². The van der Waals surface area contributed by atoms with Crippen molar-refractivity contribution in [3.63, 3.8) is 0 Å². The van der Waals surface area contributed by atoms with E-state index in [4.69, 9.17) is 0 Å². The lowest BCUT2D eigenvalue weighted by molar-refractivity contribution is 0.0888. The molecule has 1 rings (SSSR count). The van der Waals surface area contributed by atoms with Gasteiger partial charge in [-0.3, -0.25) is 4.79 Å². The summed E-state index contributed by atoms with van der Waals surface area (Å²) in [5.41, 5.74) is -0.179. The van der Waals surface area contributed by atoms with Crippen LogP contribution >= 0.6 is 22.6 Å². The SMILES string of the molecule is CC(F)C(=O)c1cc(I)ccc1F. The maximum Gasteiger partial charge on any atom is 0.199 e. The molecule has 1 aromatic rings. The Morgan fingerprint density at radius 3 is 2.69 bits per heavy atom. The molecule has 1 unspecified atom stereocenters. The summed E-state index contributed by atoms with van der Waals surface area (Å²) in [6.45, 7) is 1.10. The lowest BCUT2D eigenvalue weighted by Crippen LogP contribution is -2.13. The van der Waals surface area contributed by atoms with E-state index in [1.165, 1.54) is 12.1 Å². The third-order valence-corrected chi connectivity index (χ3v) is 2.23. The van der Waals surface area contributed by atoms with Crippen LogP contribution < -0.4 is 0 Å². The van der Waals surface area contributed by atoms with E-state index in [0.29, 0.717) is 3.57 Å². The minimum atomic E-state index is -1.66. The van der Waals surface area contributed by atoms with E-state index in [2.05, 4.69) is 0 Å². The Labute approximate surface area is 88.3 Å². The molecule has 0 saturated carbocycles. The summed E-state index contributed by atoms with van der Waals surface area (Å²) in [4.78, 5) is 11.1. The maximum absolute atomic E-state index is 13.0. The molecule has 0 aliphatic heterocycles. The van der Waals surface area contributed by atoms with Gasteiger partial charge in [0.15, 0.2) is 12.0 Å². The predicted octanol–water partition coefficient (Wildman–Crippen LogP) is 2.97. The predicted molar refractivity (Wildman–Crippen MR) is 54.0 cm³/mol. The molecular formula is C9H7F2IO. The Hall–Kier alpha value is -0.520. The number of alkyl halides is 1. The van der Waals surface area contributed by atoms with Crippen LogP contribution in [0.15, 0.2) is 18.2 Å². The quantitative estimate of drug-likeness (QED) is 0.606. The van der Waals surface area contributed by atoms with Gasteiger partial charge >= 0.3 is 0 Å². The molecule has 0 N–H and O–H groups in total. The Balaban J connectivity index is 3.13. The van der Waals surface area contributed by atoms with Crippen molar-refractivity contribution < 1.29 is 13.6 Å². The summed E-state index contributed by atoms with van der Waals surface area (Å²) in [6.07, 6.45) is -1.66. The molecule has 0 bridgehead atoms. The molecule has 1 atom stereocenters. The summed E-state index contributed by atoms with van der Waals surface area (Å²) in [5, 5.41) is 0. The summed E-state index contributed by atoms with van der Waals surface area (Å²) < 4.78 is 26.3. The number of benzene rings is 1. The smallest absolute Gasteiger partial charge is 0.199 e. The van der Waals surface area contributed by atoms with E-state index in [0.717, 1.165) is 13.0 Å². The molecule has 0 radical (unpaired) electrons. The van der Waals surface area contributed by atoms with Crippen LogP contribution in [0.2, 0.25) is 0 Å².